The number of carbonyl (C=O) groups is 2. The molecule has 0 N–H and O–H groups in total. The molecule has 0 radical (unpaired) electrons. The molecule has 1 aliphatic carbocycles. The van der Waals surface area contributed by atoms with Crippen molar-refractivity contribution in [1.82, 2.24) is 0 Å². The third-order valence-electron chi connectivity index (χ3n) is 4.46. The highest BCUT2D eigenvalue weighted by atomic mass is 16.6. The number of ketones is 1. The highest BCUT2D eigenvalue weighted by molar-refractivity contribution is 5.94. The lowest BCUT2D eigenvalue weighted by Crippen LogP contribution is -2.35. The Morgan fingerprint density at radius 2 is 1.96 bits per heavy atom. The van der Waals surface area contributed by atoms with E-state index in [4.69, 9.17) is 9.47 Å². The van der Waals surface area contributed by atoms with Gasteiger partial charge in [-0.05, 0) is 39.3 Å². The van der Waals surface area contributed by atoms with Gasteiger partial charge in [0, 0.05) is 5.56 Å². The van der Waals surface area contributed by atoms with Crippen LogP contribution in [0.3, 0.4) is 0 Å². The van der Waals surface area contributed by atoms with E-state index >= 15 is 0 Å². The van der Waals surface area contributed by atoms with Gasteiger partial charge in [0.25, 0.3) is 0 Å². The summed E-state index contributed by atoms with van der Waals surface area (Å²) < 4.78 is 11.6. The number of carbonyl (C=O) groups excluding carboxylic acids is 2. The number of rotatable bonds is 2. The maximum absolute atomic E-state index is 13.2. The second-order valence-electron chi connectivity index (χ2n) is 7.64. The number of allylic oxidation sites excluding steroid dienone is 2. The SMILES string of the molecule is CC1=CC=CC2C(=O)C(CC(=O)OC(C)(C)C)c3ccccc3OC12. The van der Waals surface area contributed by atoms with Crippen molar-refractivity contribution < 1.29 is 19.1 Å². The Bertz CT molecular complexity index is 751. The van der Waals surface area contributed by atoms with Crippen molar-refractivity contribution in [2.75, 3.05) is 0 Å². The van der Waals surface area contributed by atoms with E-state index in [0.29, 0.717) is 5.75 Å². The monoisotopic (exact) mass is 340 g/mol. The first-order valence-electron chi connectivity index (χ1n) is 8.62. The number of hydrogen-bond donors (Lipinski definition) is 0. The van der Waals surface area contributed by atoms with E-state index in [1.807, 2.05) is 70.2 Å². The molecule has 2 aliphatic rings. The molecule has 0 spiro atoms. The summed E-state index contributed by atoms with van der Waals surface area (Å²) in [6.07, 6.45) is 5.43. The van der Waals surface area contributed by atoms with Crippen LogP contribution in [0.15, 0.2) is 48.1 Å². The van der Waals surface area contributed by atoms with E-state index in [2.05, 4.69) is 0 Å². The van der Waals surface area contributed by atoms with Gasteiger partial charge < -0.3 is 9.47 Å². The minimum absolute atomic E-state index is 0.00418. The summed E-state index contributed by atoms with van der Waals surface area (Å²) in [6.45, 7) is 7.44. The molecule has 3 unspecified atom stereocenters. The first-order chi connectivity index (χ1) is 11.8. The molecule has 1 aliphatic heterocycles. The van der Waals surface area contributed by atoms with Crippen LogP contribution in [-0.2, 0) is 14.3 Å². The van der Waals surface area contributed by atoms with Gasteiger partial charge in [0.1, 0.15) is 17.5 Å². The van der Waals surface area contributed by atoms with Crippen molar-refractivity contribution in [2.45, 2.75) is 51.7 Å². The van der Waals surface area contributed by atoms with Crippen LogP contribution < -0.4 is 4.74 Å². The lowest BCUT2D eigenvalue weighted by Gasteiger charge is -2.26. The number of hydrogen-bond acceptors (Lipinski definition) is 4. The van der Waals surface area contributed by atoms with E-state index in [-0.39, 0.29) is 30.2 Å². The van der Waals surface area contributed by atoms with Crippen LogP contribution in [0.25, 0.3) is 0 Å². The molecule has 4 heteroatoms. The van der Waals surface area contributed by atoms with Gasteiger partial charge in [0.15, 0.2) is 5.78 Å². The van der Waals surface area contributed by atoms with Gasteiger partial charge in [-0.1, -0.05) is 36.4 Å². The number of ether oxygens (including phenoxy) is 2. The first-order valence-corrected chi connectivity index (χ1v) is 8.62. The average Bonchev–Trinajstić information content (AvgIpc) is 2.63. The van der Waals surface area contributed by atoms with Crippen molar-refractivity contribution in [3.63, 3.8) is 0 Å². The van der Waals surface area contributed by atoms with Crippen LogP contribution in [0.2, 0.25) is 0 Å². The Morgan fingerprint density at radius 3 is 2.68 bits per heavy atom. The van der Waals surface area contributed by atoms with Crippen molar-refractivity contribution in [3.05, 3.63) is 53.6 Å². The van der Waals surface area contributed by atoms with E-state index in [1.165, 1.54) is 0 Å². The van der Waals surface area contributed by atoms with Gasteiger partial charge >= 0.3 is 5.97 Å². The smallest absolute Gasteiger partial charge is 0.307 e. The summed E-state index contributed by atoms with van der Waals surface area (Å²) in [5, 5.41) is 0. The van der Waals surface area contributed by atoms with Crippen molar-refractivity contribution in [1.29, 1.82) is 0 Å². The number of para-hydroxylation sites is 1. The zero-order valence-corrected chi connectivity index (χ0v) is 15.1. The summed E-state index contributed by atoms with van der Waals surface area (Å²) in [4.78, 5) is 25.6. The van der Waals surface area contributed by atoms with Crippen molar-refractivity contribution in [2.24, 2.45) is 5.92 Å². The molecule has 3 atom stereocenters. The Kier molecular flexibility index (Phi) is 4.55. The minimum atomic E-state index is -0.576. The molecule has 3 rings (SSSR count). The van der Waals surface area contributed by atoms with Crippen molar-refractivity contribution in [3.8, 4) is 5.75 Å². The maximum Gasteiger partial charge on any atom is 0.307 e. The summed E-state index contributed by atoms with van der Waals surface area (Å²) in [5.74, 6) is -0.642. The molecule has 1 aromatic rings. The predicted octanol–water partition coefficient (Wildman–Crippen LogP) is 3.96. The molecule has 1 heterocycles. The fraction of sp³-hybridized carbons (Fsp3) is 0.429. The number of Topliss-reactive ketones (excluding diaryl/α,β-unsaturated/α-hetero) is 1. The molecule has 25 heavy (non-hydrogen) atoms. The highest BCUT2D eigenvalue weighted by Crippen LogP contribution is 2.40. The molecule has 0 aromatic heterocycles. The fourth-order valence-electron chi connectivity index (χ4n) is 3.37. The molecule has 0 amide bonds. The topological polar surface area (TPSA) is 52.6 Å². The van der Waals surface area contributed by atoms with Crippen LogP contribution in [0.4, 0.5) is 0 Å². The van der Waals surface area contributed by atoms with Crippen LogP contribution >= 0.6 is 0 Å². The summed E-state index contributed by atoms with van der Waals surface area (Å²) in [6, 6.07) is 7.47. The van der Waals surface area contributed by atoms with Crippen LogP contribution in [0.5, 0.6) is 5.75 Å². The molecule has 0 bridgehead atoms. The zero-order valence-electron chi connectivity index (χ0n) is 15.1. The Hall–Kier alpha value is -2.36. The third-order valence-corrected chi connectivity index (χ3v) is 4.46. The Labute approximate surface area is 148 Å². The summed E-state index contributed by atoms with van der Waals surface area (Å²) in [7, 11) is 0. The van der Waals surface area contributed by atoms with E-state index in [9.17, 15) is 9.59 Å². The van der Waals surface area contributed by atoms with Gasteiger partial charge in [-0.3, -0.25) is 9.59 Å². The molecule has 1 aromatic carbocycles. The zero-order chi connectivity index (χ0) is 18.2. The van der Waals surface area contributed by atoms with E-state index in [0.717, 1.165) is 11.1 Å². The quantitative estimate of drug-likeness (QED) is 0.765. The molecular formula is C21H24O4. The van der Waals surface area contributed by atoms with Gasteiger partial charge in [-0.2, -0.15) is 0 Å². The van der Waals surface area contributed by atoms with Gasteiger partial charge in [0.2, 0.25) is 0 Å². The molecule has 132 valence electrons. The third kappa shape index (κ3) is 3.68. The van der Waals surface area contributed by atoms with Crippen LogP contribution in [0.1, 0.15) is 45.6 Å². The molecule has 4 nitrogen and oxygen atoms in total. The average molecular weight is 340 g/mol. The minimum Gasteiger partial charge on any atom is -0.485 e. The predicted molar refractivity (Wildman–Crippen MR) is 95.5 cm³/mol. The molecular weight excluding hydrogens is 316 g/mol. The lowest BCUT2D eigenvalue weighted by molar-refractivity contribution is -0.156. The number of benzene rings is 1. The fourth-order valence-corrected chi connectivity index (χ4v) is 3.37. The first kappa shape index (κ1) is 17.5. The lowest BCUT2D eigenvalue weighted by atomic mass is 9.80. The maximum atomic E-state index is 13.2. The standard InChI is InChI=1S/C21H24O4/c1-13-8-7-10-15-19(23)16(12-18(22)25-21(2,3)4)14-9-5-6-11-17(14)24-20(13)15/h5-11,15-16,20H,12H2,1-4H3. The van der Waals surface area contributed by atoms with Gasteiger partial charge in [-0.15, -0.1) is 0 Å². The van der Waals surface area contributed by atoms with Gasteiger partial charge in [0.05, 0.1) is 18.3 Å². The second-order valence-corrected chi connectivity index (χ2v) is 7.64. The van der Waals surface area contributed by atoms with Gasteiger partial charge in [-0.25, -0.2) is 0 Å². The largest absolute Gasteiger partial charge is 0.485 e. The normalized spacial score (nSPS) is 25.2. The summed E-state index contributed by atoms with van der Waals surface area (Å²) >= 11 is 0. The van der Waals surface area contributed by atoms with E-state index < -0.39 is 11.5 Å². The van der Waals surface area contributed by atoms with Crippen molar-refractivity contribution >= 4 is 11.8 Å². The Morgan fingerprint density at radius 1 is 1.24 bits per heavy atom. The van der Waals surface area contributed by atoms with Crippen LogP contribution in [-0.4, -0.2) is 23.5 Å². The Balaban J connectivity index is 1.96. The summed E-state index contributed by atoms with van der Waals surface area (Å²) in [5.41, 5.74) is 1.19. The highest BCUT2D eigenvalue weighted by Gasteiger charge is 2.41. The molecule has 0 saturated heterocycles. The molecule has 0 saturated carbocycles. The van der Waals surface area contributed by atoms with E-state index in [1.54, 1.807) is 0 Å². The number of esters is 1. The molecule has 0 fully saturated rings. The second kappa shape index (κ2) is 6.51. The number of fused-ring (bicyclic) bond motifs is 2. The van der Waals surface area contributed by atoms with Crippen LogP contribution in [0, 0.1) is 5.92 Å².